The number of nitrogens with two attached hydrogens (primary N) is 2. The van der Waals surface area contributed by atoms with Crippen molar-refractivity contribution in [2.75, 3.05) is 0 Å². The molecule has 0 saturated heterocycles. The number of carboxylic acid groups (broad SMARTS) is 1. The summed E-state index contributed by atoms with van der Waals surface area (Å²) in [7, 11) is 0. The fourth-order valence-electron chi connectivity index (χ4n) is 3.52. The monoisotopic (exact) mass is 533 g/mol. The molecule has 2 aromatic heterocycles. The summed E-state index contributed by atoms with van der Waals surface area (Å²) in [4.78, 5) is 75.5. The summed E-state index contributed by atoms with van der Waals surface area (Å²) in [5.41, 5.74) is 12.2. The topological polar surface area (TPSA) is 251 Å². The number of amides is 4. The molecule has 2 rings (SSSR count). The van der Waals surface area contributed by atoms with Crippen LogP contribution in [0.15, 0.2) is 25.0 Å². The third-order valence-corrected chi connectivity index (χ3v) is 6.08. The Kier molecular flexibility index (Phi) is 11.4. The van der Waals surface area contributed by atoms with E-state index in [4.69, 9.17) is 11.5 Å². The normalized spacial score (nSPS) is 14.9. The first-order chi connectivity index (χ1) is 18.0. The maximum absolute atomic E-state index is 13.2. The molecular formula is C23H35N9O6. The van der Waals surface area contributed by atoms with Crippen LogP contribution in [-0.2, 0) is 36.8 Å². The predicted molar refractivity (Wildman–Crippen MR) is 134 cm³/mol. The maximum atomic E-state index is 13.2. The van der Waals surface area contributed by atoms with Crippen molar-refractivity contribution in [2.45, 2.75) is 70.1 Å². The second-order valence-electron chi connectivity index (χ2n) is 9.00. The molecule has 5 atom stereocenters. The Morgan fingerprint density at radius 1 is 0.895 bits per heavy atom. The number of nitrogens with one attached hydrogen (secondary N) is 5. The van der Waals surface area contributed by atoms with Gasteiger partial charge in [-0.15, -0.1) is 0 Å². The number of carbonyl (C=O) groups excluding carboxylic acids is 4. The van der Waals surface area contributed by atoms with Gasteiger partial charge in [-0.3, -0.25) is 19.2 Å². The van der Waals surface area contributed by atoms with E-state index in [1.807, 2.05) is 6.92 Å². The van der Waals surface area contributed by atoms with E-state index < -0.39 is 53.8 Å². The van der Waals surface area contributed by atoms with Crippen LogP contribution in [0.3, 0.4) is 0 Å². The number of primary amides is 1. The molecule has 2 heterocycles. The highest BCUT2D eigenvalue weighted by molar-refractivity contribution is 5.94. The molecular weight excluding hydrogens is 498 g/mol. The third kappa shape index (κ3) is 9.31. The van der Waals surface area contributed by atoms with Crippen LogP contribution in [0.1, 0.15) is 44.5 Å². The van der Waals surface area contributed by atoms with Gasteiger partial charge >= 0.3 is 5.97 Å². The molecule has 0 radical (unpaired) electrons. The van der Waals surface area contributed by atoms with E-state index in [2.05, 4.69) is 35.9 Å². The Bertz CT molecular complexity index is 1070. The van der Waals surface area contributed by atoms with Crippen LogP contribution in [0.25, 0.3) is 0 Å². The second kappa shape index (κ2) is 14.5. The lowest BCUT2D eigenvalue weighted by Crippen LogP contribution is -2.58. The number of nitrogens with zero attached hydrogens (tertiary/aromatic N) is 2. The fourth-order valence-corrected chi connectivity index (χ4v) is 3.52. The van der Waals surface area contributed by atoms with Gasteiger partial charge in [0.2, 0.25) is 23.6 Å². The first kappa shape index (κ1) is 30.0. The number of carboxylic acids is 1. The molecule has 208 valence electrons. The Labute approximate surface area is 218 Å². The number of hydrogen-bond acceptors (Lipinski definition) is 8. The van der Waals surface area contributed by atoms with Crippen LogP contribution in [0.4, 0.5) is 0 Å². The zero-order valence-electron chi connectivity index (χ0n) is 21.3. The number of H-pyrrole nitrogens is 2. The van der Waals surface area contributed by atoms with Gasteiger partial charge in [-0.2, -0.15) is 0 Å². The maximum Gasteiger partial charge on any atom is 0.326 e. The van der Waals surface area contributed by atoms with Crippen molar-refractivity contribution in [1.82, 2.24) is 35.9 Å². The molecule has 0 spiro atoms. The van der Waals surface area contributed by atoms with E-state index >= 15 is 0 Å². The van der Waals surface area contributed by atoms with Gasteiger partial charge in [-0.1, -0.05) is 20.3 Å². The third-order valence-electron chi connectivity index (χ3n) is 6.08. The fraction of sp³-hybridized carbons (Fsp3) is 0.522. The molecule has 0 bridgehead atoms. The first-order valence-electron chi connectivity index (χ1n) is 12.1. The van der Waals surface area contributed by atoms with Gasteiger partial charge in [-0.25, -0.2) is 14.8 Å². The molecule has 0 saturated carbocycles. The summed E-state index contributed by atoms with van der Waals surface area (Å²) in [5, 5.41) is 17.1. The quantitative estimate of drug-likeness (QED) is 0.120. The van der Waals surface area contributed by atoms with Crippen molar-refractivity contribution in [2.24, 2.45) is 17.4 Å². The van der Waals surface area contributed by atoms with Gasteiger partial charge in [0.15, 0.2) is 0 Å². The molecule has 2 aromatic rings. The largest absolute Gasteiger partial charge is 0.480 e. The van der Waals surface area contributed by atoms with E-state index in [0.717, 1.165) is 0 Å². The van der Waals surface area contributed by atoms with Crippen molar-refractivity contribution in [3.63, 3.8) is 0 Å². The molecule has 0 aromatic carbocycles. The van der Waals surface area contributed by atoms with Crippen LogP contribution in [0.2, 0.25) is 0 Å². The van der Waals surface area contributed by atoms with Crippen LogP contribution in [0, 0.1) is 5.92 Å². The molecule has 4 amide bonds. The molecule has 0 aliphatic rings. The lowest BCUT2D eigenvalue weighted by molar-refractivity contribution is -0.142. The zero-order chi connectivity index (χ0) is 28.2. The molecule has 0 aliphatic carbocycles. The predicted octanol–water partition coefficient (Wildman–Crippen LogP) is -1.90. The molecule has 15 nitrogen and oxygen atoms in total. The van der Waals surface area contributed by atoms with Crippen LogP contribution < -0.4 is 27.4 Å². The lowest BCUT2D eigenvalue weighted by Gasteiger charge is -2.26. The summed E-state index contributed by atoms with van der Waals surface area (Å²) in [6, 6.07) is -4.68. The van der Waals surface area contributed by atoms with Gasteiger partial charge in [0.05, 0.1) is 18.7 Å². The van der Waals surface area contributed by atoms with E-state index in [0.29, 0.717) is 17.8 Å². The Morgan fingerprint density at radius 2 is 1.39 bits per heavy atom. The number of imidazole rings is 2. The Hall–Kier alpha value is -4.27. The van der Waals surface area contributed by atoms with Crippen molar-refractivity contribution < 1.29 is 29.1 Å². The van der Waals surface area contributed by atoms with Crippen LogP contribution in [-0.4, -0.2) is 78.8 Å². The number of rotatable bonds is 16. The summed E-state index contributed by atoms with van der Waals surface area (Å²) < 4.78 is 0. The highest BCUT2D eigenvalue weighted by Gasteiger charge is 2.31. The lowest BCUT2D eigenvalue weighted by atomic mass is 9.98. The Balaban J connectivity index is 2.21. The minimum atomic E-state index is -1.32. The molecule has 0 fully saturated rings. The average Bonchev–Trinajstić information content (AvgIpc) is 3.58. The summed E-state index contributed by atoms with van der Waals surface area (Å²) in [6.45, 7) is 3.65. The van der Waals surface area contributed by atoms with Gasteiger partial charge < -0.3 is 42.5 Å². The molecule has 38 heavy (non-hydrogen) atoms. The highest BCUT2D eigenvalue weighted by atomic mass is 16.4. The number of hydrogen-bond donors (Lipinski definition) is 8. The SMILES string of the molecule is CCC(C)C(N)C(=O)NC(CCC(N)=O)C(=O)NC(Cc1cnc[nH]1)C(=O)NC(Cc1cnc[nH]1)C(=O)O. The molecule has 15 heteroatoms. The van der Waals surface area contributed by atoms with Crippen molar-refractivity contribution in [3.05, 3.63) is 36.4 Å². The number of aromatic amines is 2. The average molecular weight is 534 g/mol. The van der Waals surface area contributed by atoms with Crippen LogP contribution in [0.5, 0.6) is 0 Å². The molecule has 5 unspecified atom stereocenters. The minimum absolute atomic E-state index is 0.0587. The second-order valence-corrected chi connectivity index (χ2v) is 9.00. The number of aliphatic carboxylic acids is 1. The van der Waals surface area contributed by atoms with Crippen molar-refractivity contribution in [3.8, 4) is 0 Å². The van der Waals surface area contributed by atoms with Crippen molar-refractivity contribution in [1.29, 1.82) is 0 Å². The standard InChI is InChI=1S/C23H35N9O6/c1-3-12(2)19(25)22(36)30-15(4-5-18(24)33)20(34)31-16(6-13-8-26-10-28-13)21(35)32-17(23(37)38)7-14-9-27-11-29-14/h8-12,15-17,19H,3-7,25H2,1-2H3,(H2,24,33)(H,26,28)(H,27,29)(H,30,36)(H,31,34)(H,32,35)(H,37,38). The van der Waals surface area contributed by atoms with Gasteiger partial charge in [0.1, 0.15) is 18.1 Å². The van der Waals surface area contributed by atoms with E-state index in [9.17, 15) is 29.1 Å². The van der Waals surface area contributed by atoms with E-state index in [1.54, 1.807) is 6.92 Å². The number of aromatic nitrogens is 4. The van der Waals surface area contributed by atoms with E-state index in [1.165, 1.54) is 25.0 Å². The van der Waals surface area contributed by atoms with Crippen molar-refractivity contribution >= 4 is 29.6 Å². The summed E-state index contributed by atoms with van der Waals surface area (Å²) in [5.74, 6) is -4.28. The zero-order valence-corrected chi connectivity index (χ0v) is 21.3. The summed E-state index contributed by atoms with van der Waals surface area (Å²) in [6.07, 6.45) is 5.80. The minimum Gasteiger partial charge on any atom is -0.480 e. The smallest absolute Gasteiger partial charge is 0.326 e. The Morgan fingerprint density at radius 3 is 1.87 bits per heavy atom. The van der Waals surface area contributed by atoms with Gasteiger partial charge in [0, 0.05) is 43.0 Å². The van der Waals surface area contributed by atoms with E-state index in [-0.39, 0.29) is 31.6 Å². The van der Waals surface area contributed by atoms with Gasteiger partial charge in [-0.05, 0) is 12.3 Å². The van der Waals surface area contributed by atoms with Crippen LogP contribution >= 0.6 is 0 Å². The summed E-state index contributed by atoms with van der Waals surface area (Å²) >= 11 is 0. The highest BCUT2D eigenvalue weighted by Crippen LogP contribution is 2.08. The van der Waals surface area contributed by atoms with Gasteiger partial charge in [0.25, 0.3) is 0 Å². The molecule has 10 N–H and O–H groups in total. The number of carbonyl (C=O) groups is 5. The molecule has 0 aliphatic heterocycles. The first-order valence-corrected chi connectivity index (χ1v) is 12.1.